The highest BCUT2D eigenvalue weighted by molar-refractivity contribution is 5.99. The van der Waals surface area contributed by atoms with Crippen molar-refractivity contribution in [1.29, 1.82) is 0 Å². The molecule has 1 aliphatic heterocycles. The molecule has 0 saturated carbocycles. The van der Waals surface area contributed by atoms with E-state index in [0.717, 1.165) is 18.2 Å². The van der Waals surface area contributed by atoms with Crippen LogP contribution in [0.25, 0.3) is 0 Å². The van der Waals surface area contributed by atoms with Gasteiger partial charge in [0, 0.05) is 30.3 Å². The second-order valence-corrected chi connectivity index (χ2v) is 6.34. The minimum Gasteiger partial charge on any atom is -0.478 e. The summed E-state index contributed by atoms with van der Waals surface area (Å²) in [5.41, 5.74) is 0.641. The molecular formula is C20H18N2O7. The average Bonchev–Trinajstić information content (AvgIpc) is 3.17. The molecule has 29 heavy (non-hydrogen) atoms. The Balaban J connectivity index is 1.69. The number of nitro groups is 1. The zero-order valence-electron chi connectivity index (χ0n) is 15.6. The van der Waals surface area contributed by atoms with Gasteiger partial charge >= 0.3 is 11.7 Å². The van der Waals surface area contributed by atoms with Crippen molar-refractivity contribution < 1.29 is 28.8 Å². The molecule has 0 unspecified atom stereocenters. The number of methoxy groups -OCH3 is 1. The van der Waals surface area contributed by atoms with Gasteiger partial charge in [-0.3, -0.25) is 19.7 Å². The van der Waals surface area contributed by atoms with Gasteiger partial charge in [-0.15, -0.1) is 0 Å². The van der Waals surface area contributed by atoms with Crippen LogP contribution in [-0.4, -0.2) is 42.8 Å². The predicted octanol–water partition coefficient (Wildman–Crippen LogP) is 2.77. The lowest BCUT2D eigenvalue weighted by Gasteiger charge is -2.15. The highest BCUT2D eigenvalue weighted by Crippen LogP contribution is 2.28. The van der Waals surface area contributed by atoms with Crippen molar-refractivity contribution in [1.82, 2.24) is 0 Å². The van der Waals surface area contributed by atoms with Crippen molar-refractivity contribution in [3.8, 4) is 5.75 Å². The van der Waals surface area contributed by atoms with E-state index in [4.69, 9.17) is 4.74 Å². The number of rotatable bonds is 7. The average molecular weight is 398 g/mol. The van der Waals surface area contributed by atoms with Crippen LogP contribution in [0.2, 0.25) is 0 Å². The lowest BCUT2D eigenvalue weighted by Crippen LogP contribution is -2.23. The molecule has 2 aromatic rings. The fourth-order valence-corrected chi connectivity index (χ4v) is 3.00. The van der Waals surface area contributed by atoms with E-state index in [1.54, 1.807) is 29.2 Å². The number of esters is 1. The zero-order chi connectivity index (χ0) is 21.0. The minimum atomic E-state index is -0.715. The van der Waals surface area contributed by atoms with E-state index < -0.39 is 23.2 Å². The van der Waals surface area contributed by atoms with Crippen molar-refractivity contribution in [2.45, 2.75) is 12.8 Å². The van der Waals surface area contributed by atoms with E-state index in [-0.39, 0.29) is 23.0 Å². The number of benzene rings is 2. The maximum atomic E-state index is 12.4. The number of carbonyl (C=O) groups is 3. The molecule has 1 fully saturated rings. The molecular weight excluding hydrogens is 380 g/mol. The normalized spacial score (nSPS) is 13.3. The monoisotopic (exact) mass is 398 g/mol. The van der Waals surface area contributed by atoms with Gasteiger partial charge in [0.15, 0.2) is 18.1 Å². The standard InChI is InChI=1S/C20H18N2O7/c1-28-20(25)14-6-9-18(16(11-14)22(26)27)29-12-17(23)13-4-7-15(8-5-13)21-10-2-3-19(21)24/h4-9,11H,2-3,10,12H2,1H3. The fourth-order valence-electron chi connectivity index (χ4n) is 3.00. The number of nitro benzene ring substituents is 1. The number of hydrogen-bond acceptors (Lipinski definition) is 7. The first kappa shape index (κ1) is 20.0. The molecule has 0 N–H and O–H groups in total. The Morgan fingerprint density at radius 1 is 1.14 bits per heavy atom. The highest BCUT2D eigenvalue weighted by atomic mass is 16.6. The van der Waals surface area contributed by atoms with Crippen molar-refractivity contribution in [3.63, 3.8) is 0 Å². The Morgan fingerprint density at radius 3 is 2.41 bits per heavy atom. The number of ketones is 1. The van der Waals surface area contributed by atoms with Gasteiger partial charge in [-0.2, -0.15) is 0 Å². The number of anilines is 1. The van der Waals surface area contributed by atoms with Crippen molar-refractivity contribution >= 4 is 29.0 Å². The van der Waals surface area contributed by atoms with Gasteiger partial charge < -0.3 is 14.4 Å². The Morgan fingerprint density at radius 2 is 1.83 bits per heavy atom. The second kappa shape index (κ2) is 8.51. The summed E-state index contributed by atoms with van der Waals surface area (Å²) in [5.74, 6) is -1.17. The summed E-state index contributed by atoms with van der Waals surface area (Å²) in [4.78, 5) is 47.9. The molecule has 9 heteroatoms. The lowest BCUT2D eigenvalue weighted by atomic mass is 10.1. The predicted molar refractivity (Wildman–Crippen MR) is 102 cm³/mol. The van der Waals surface area contributed by atoms with Gasteiger partial charge in [-0.25, -0.2) is 4.79 Å². The summed E-state index contributed by atoms with van der Waals surface area (Å²) in [6, 6.07) is 10.1. The molecule has 1 aliphatic rings. The van der Waals surface area contributed by atoms with Crippen LogP contribution in [0.4, 0.5) is 11.4 Å². The van der Waals surface area contributed by atoms with Gasteiger partial charge in [-0.05, 0) is 42.8 Å². The minimum absolute atomic E-state index is 0.00456. The third-order valence-electron chi connectivity index (χ3n) is 4.51. The summed E-state index contributed by atoms with van der Waals surface area (Å²) < 4.78 is 9.86. The van der Waals surface area contributed by atoms with E-state index in [0.29, 0.717) is 18.5 Å². The van der Waals surface area contributed by atoms with E-state index in [9.17, 15) is 24.5 Å². The third-order valence-corrected chi connectivity index (χ3v) is 4.51. The quantitative estimate of drug-likeness (QED) is 0.305. The number of ether oxygens (including phenoxy) is 2. The molecule has 1 heterocycles. The molecule has 0 radical (unpaired) electrons. The number of carbonyl (C=O) groups excluding carboxylic acids is 3. The maximum absolute atomic E-state index is 12.4. The second-order valence-electron chi connectivity index (χ2n) is 6.34. The molecule has 0 bridgehead atoms. The Labute approximate surface area is 166 Å². The topological polar surface area (TPSA) is 116 Å². The van der Waals surface area contributed by atoms with Crippen molar-refractivity contribution in [2.24, 2.45) is 0 Å². The van der Waals surface area contributed by atoms with Gasteiger partial charge in [0.25, 0.3) is 0 Å². The van der Waals surface area contributed by atoms with E-state index in [1.165, 1.54) is 19.2 Å². The molecule has 0 atom stereocenters. The maximum Gasteiger partial charge on any atom is 0.338 e. The molecule has 3 rings (SSSR count). The van der Waals surface area contributed by atoms with Crippen LogP contribution in [0.3, 0.4) is 0 Å². The van der Waals surface area contributed by atoms with Crippen LogP contribution < -0.4 is 9.64 Å². The highest BCUT2D eigenvalue weighted by Gasteiger charge is 2.22. The van der Waals surface area contributed by atoms with E-state index >= 15 is 0 Å². The van der Waals surface area contributed by atoms with Crippen LogP contribution in [0.1, 0.15) is 33.6 Å². The largest absolute Gasteiger partial charge is 0.478 e. The first-order valence-corrected chi connectivity index (χ1v) is 8.84. The number of amides is 1. The van der Waals surface area contributed by atoms with Gasteiger partial charge in [0.2, 0.25) is 5.91 Å². The summed E-state index contributed by atoms with van der Waals surface area (Å²) in [7, 11) is 1.17. The van der Waals surface area contributed by atoms with Crippen LogP contribution in [0.5, 0.6) is 5.75 Å². The Kier molecular flexibility index (Phi) is 5.87. The van der Waals surface area contributed by atoms with E-state index in [1.807, 2.05) is 0 Å². The number of hydrogen-bond donors (Lipinski definition) is 0. The summed E-state index contributed by atoms with van der Waals surface area (Å²) >= 11 is 0. The SMILES string of the molecule is COC(=O)c1ccc(OCC(=O)c2ccc(N3CCCC3=O)cc2)c([N+](=O)[O-])c1. The molecule has 2 aromatic carbocycles. The molecule has 1 saturated heterocycles. The number of nitrogens with zero attached hydrogens (tertiary/aromatic N) is 2. The lowest BCUT2D eigenvalue weighted by molar-refractivity contribution is -0.385. The molecule has 1 amide bonds. The molecule has 150 valence electrons. The number of Topliss-reactive ketones (excluding diaryl/α,β-unsaturated/α-hetero) is 1. The smallest absolute Gasteiger partial charge is 0.338 e. The summed E-state index contributed by atoms with van der Waals surface area (Å²) in [6.45, 7) is 0.237. The fraction of sp³-hybridized carbons (Fsp3) is 0.250. The molecule has 0 aromatic heterocycles. The van der Waals surface area contributed by atoms with Crippen LogP contribution in [-0.2, 0) is 9.53 Å². The molecule has 0 aliphatic carbocycles. The van der Waals surface area contributed by atoms with Crippen LogP contribution in [0, 0.1) is 10.1 Å². The first-order chi connectivity index (χ1) is 13.9. The Hall–Kier alpha value is -3.75. The molecule has 0 spiro atoms. The van der Waals surface area contributed by atoms with Crippen molar-refractivity contribution in [2.75, 3.05) is 25.2 Å². The summed E-state index contributed by atoms with van der Waals surface area (Å²) in [5, 5.41) is 11.2. The van der Waals surface area contributed by atoms with Gasteiger partial charge in [-0.1, -0.05) is 0 Å². The van der Waals surface area contributed by atoms with Gasteiger partial charge in [0.1, 0.15) is 0 Å². The van der Waals surface area contributed by atoms with Crippen LogP contribution in [0.15, 0.2) is 42.5 Å². The van der Waals surface area contributed by atoms with Crippen LogP contribution >= 0.6 is 0 Å². The Bertz CT molecular complexity index is 969. The third kappa shape index (κ3) is 4.40. The van der Waals surface area contributed by atoms with Gasteiger partial charge in [0.05, 0.1) is 17.6 Å². The zero-order valence-corrected chi connectivity index (χ0v) is 15.6. The van der Waals surface area contributed by atoms with E-state index in [2.05, 4.69) is 4.74 Å². The molecule has 9 nitrogen and oxygen atoms in total. The first-order valence-electron chi connectivity index (χ1n) is 8.84. The van der Waals surface area contributed by atoms with Crippen molar-refractivity contribution in [3.05, 3.63) is 63.7 Å². The summed E-state index contributed by atoms with van der Waals surface area (Å²) in [6.07, 6.45) is 1.32.